The molecule has 2 amide bonds. The number of nitrogens with one attached hydrogen (secondary N) is 2. The van der Waals surface area contributed by atoms with Gasteiger partial charge < -0.3 is 15.5 Å². The van der Waals surface area contributed by atoms with Crippen LogP contribution in [0.15, 0.2) is 24.3 Å². The molecule has 1 atom stereocenters. The third kappa shape index (κ3) is 4.45. The number of para-hydroxylation sites is 1. The number of fused-ring (bicyclic) bond motifs is 1. The van der Waals surface area contributed by atoms with E-state index >= 15 is 0 Å². The molecule has 1 aromatic carbocycles. The number of benzene rings is 1. The van der Waals surface area contributed by atoms with Gasteiger partial charge >= 0.3 is 0 Å². The standard InChI is InChI=1S/C17H23N3O2.ClH/c21-16(6-5-13-7-9-18-11-13)19-12-17(22)20-10-8-14-3-1-2-4-15(14)20;/h1-4,13,18H,5-12H2,(H,19,21);1H. The number of rotatable bonds is 5. The van der Waals surface area contributed by atoms with Crippen molar-refractivity contribution in [2.24, 2.45) is 5.92 Å². The van der Waals surface area contributed by atoms with Crippen molar-refractivity contribution in [3.05, 3.63) is 29.8 Å². The number of hydrogen-bond acceptors (Lipinski definition) is 3. The summed E-state index contributed by atoms with van der Waals surface area (Å²) >= 11 is 0. The van der Waals surface area contributed by atoms with Gasteiger partial charge in [-0.1, -0.05) is 18.2 Å². The molecule has 0 bridgehead atoms. The van der Waals surface area contributed by atoms with E-state index in [1.165, 1.54) is 5.56 Å². The van der Waals surface area contributed by atoms with Crippen LogP contribution in [0.5, 0.6) is 0 Å². The second kappa shape index (κ2) is 8.31. The molecule has 0 saturated carbocycles. The Morgan fingerprint density at radius 2 is 2.13 bits per heavy atom. The van der Waals surface area contributed by atoms with Crippen LogP contribution in [0, 0.1) is 5.92 Å². The molecule has 1 aromatic rings. The Balaban J connectivity index is 0.00000192. The van der Waals surface area contributed by atoms with E-state index in [9.17, 15) is 9.59 Å². The number of hydrogen-bond donors (Lipinski definition) is 2. The molecule has 0 aromatic heterocycles. The number of carbonyl (C=O) groups is 2. The summed E-state index contributed by atoms with van der Waals surface area (Å²) < 4.78 is 0. The van der Waals surface area contributed by atoms with Crippen LogP contribution in [-0.2, 0) is 16.0 Å². The molecule has 1 saturated heterocycles. The molecule has 2 aliphatic rings. The lowest BCUT2D eigenvalue weighted by Crippen LogP contribution is -2.39. The molecule has 2 aliphatic heterocycles. The van der Waals surface area contributed by atoms with Crippen LogP contribution in [0.3, 0.4) is 0 Å². The van der Waals surface area contributed by atoms with E-state index in [0.29, 0.717) is 18.9 Å². The van der Waals surface area contributed by atoms with Crippen molar-refractivity contribution in [3.8, 4) is 0 Å². The average molecular weight is 338 g/mol. The molecule has 3 rings (SSSR count). The number of nitrogens with zero attached hydrogens (tertiary/aromatic N) is 1. The van der Waals surface area contributed by atoms with Crippen molar-refractivity contribution in [3.63, 3.8) is 0 Å². The quantitative estimate of drug-likeness (QED) is 0.856. The van der Waals surface area contributed by atoms with Crippen molar-refractivity contribution >= 4 is 29.9 Å². The van der Waals surface area contributed by atoms with Crippen LogP contribution in [0.2, 0.25) is 0 Å². The molecule has 5 nitrogen and oxygen atoms in total. The monoisotopic (exact) mass is 337 g/mol. The number of anilines is 1. The highest BCUT2D eigenvalue weighted by Crippen LogP contribution is 2.27. The number of carbonyl (C=O) groups excluding carboxylic acids is 2. The maximum absolute atomic E-state index is 12.3. The lowest BCUT2D eigenvalue weighted by Gasteiger charge is -2.17. The van der Waals surface area contributed by atoms with E-state index in [1.54, 1.807) is 4.90 Å². The van der Waals surface area contributed by atoms with Gasteiger partial charge in [-0.05, 0) is 49.9 Å². The molecule has 0 radical (unpaired) electrons. The molecule has 1 fully saturated rings. The predicted molar refractivity (Wildman–Crippen MR) is 93.0 cm³/mol. The minimum absolute atomic E-state index is 0. The zero-order chi connectivity index (χ0) is 15.4. The molecule has 2 N–H and O–H groups in total. The zero-order valence-electron chi connectivity index (χ0n) is 13.2. The smallest absolute Gasteiger partial charge is 0.246 e. The van der Waals surface area contributed by atoms with E-state index in [4.69, 9.17) is 0 Å². The topological polar surface area (TPSA) is 61.4 Å². The average Bonchev–Trinajstić information content (AvgIpc) is 3.19. The molecular formula is C17H24ClN3O2. The Bertz CT molecular complexity index is 559. The summed E-state index contributed by atoms with van der Waals surface area (Å²) in [6.07, 6.45) is 3.46. The second-order valence-electron chi connectivity index (χ2n) is 6.10. The summed E-state index contributed by atoms with van der Waals surface area (Å²) in [6, 6.07) is 7.96. The number of halogens is 1. The van der Waals surface area contributed by atoms with Gasteiger partial charge in [-0.15, -0.1) is 12.4 Å². The minimum Gasteiger partial charge on any atom is -0.347 e. The van der Waals surface area contributed by atoms with E-state index in [2.05, 4.69) is 16.7 Å². The zero-order valence-corrected chi connectivity index (χ0v) is 14.0. The summed E-state index contributed by atoms with van der Waals surface area (Å²) in [5.41, 5.74) is 2.19. The van der Waals surface area contributed by atoms with Gasteiger partial charge in [0.05, 0.1) is 6.54 Å². The molecule has 0 aliphatic carbocycles. The molecule has 126 valence electrons. The summed E-state index contributed by atoms with van der Waals surface area (Å²) in [4.78, 5) is 25.9. The Hall–Kier alpha value is -1.59. The van der Waals surface area contributed by atoms with E-state index < -0.39 is 0 Å². The molecule has 0 spiro atoms. The lowest BCUT2D eigenvalue weighted by molar-refractivity contribution is -0.125. The van der Waals surface area contributed by atoms with E-state index in [0.717, 1.165) is 38.0 Å². The predicted octanol–water partition coefficient (Wildman–Crippen LogP) is 1.50. The Morgan fingerprint density at radius 3 is 2.91 bits per heavy atom. The fourth-order valence-corrected chi connectivity index (χ4v) is 3.25. The molecule has 6 heteroatoms. The highest BCUT2D eigenvalue weighted by Gasteiger charge is 2.24. The van der Waals surface area contributed by atoms with Gasteiger partial charge in [-0.3, -0.25) is 9.59 Å². The fourth-order valence-electron chi connectivity index (χ4n) is 3.25. The summed E-state index contributed by atoms with van der Waals surface area (Å²) in [5, 5.41) is 6.06. The second-order valence-corrected chi connectivity index (χ2v) is 6.10. The van der Waals surface area contributed by atoms with E-state index in [-0.39, 0.29) is 30.8 Å². The van der Waals surface area contributed by atoms with Crippen molar-refractivity contribution in [2.45, 2.75) is 25.7 Å². The Morgan fingerprint density at radius 1 is 1.30 bits per heavy atom. The number of amides is 2. The SMILES string of the molecule is Cl.O=C(CCC1CCNC1)NCC(=O)N1CCc2ccccc21. The van der Waals surface area contributed by atoms with Gasteiger partial charge in [0.1, 0.15) is 0 Å². The molecule has 23 heavy (non-hydrogen) atoms. The van der Waals surface area contributed by atoms with Crippen LogP contribution in [-0.4, -0.2) is 38.0 Å². The lowest BCUT2D eigenvalue weighted by atomic mass is 10.0. The first-order valence-corrected chi connectivity index (χ1v) is 8.10. The Kier molecular flexibility index (Phi) is 6.42. The molecule has 1 unspecified atom stereocenters. The van der Waals surface area contributed by atoms with Crippen LogP contribution >= 0.6 is 12.4 Å². The molecule has 2 heterocycles. The van der Waals surface area contributed by atoms with Crippen molar-refractivity contribution in [2.75, 3.05) is 31.1 Å². The summed E-state index contributed by atoms with van der Waals surface area (Å²) in [6.45, 7) is 2.87. The first kappa shape index (κ1) is 17.8. The largest absolute Gasteiger partial charge is 0.347 e. The third-order valence-electron chi connectivity index (χ3n) is 4.57. The van der Waals surface area contributed by atoms with Gasteiger partial charge in [0.2, 0.25) is 11.8 Å². The van der Waals surface area contributed by atoms with Gasteiger partial charge in [0.15, 0.2) is 0 Å². The van der Waals surface area contributed by atoms with Crippen molar-refractivity contribution in [1.29, 1.82) is 0 Å². The highest BCUT2D eigenvalue weighted by molar-refractivity contribution is 5.98. The first-order chi connectivity index (χ1) is 10.7. The Labute approximate surface area is 143 Å². The van der Waals surface area contributed by atoms with E-state index in [1.807, 2.05) is 18.2 Å². The normalized spacial score (nSPS) is 19.1. The summed E-state index contributed by atoms with van der Waals surface area (Å²) in [5.74, 6) is 0.556. The fraction of sp³-hybridized carbons (Fsp3) is 0.529. The highest BCUT2D eigenvalue weighted by atomic mass is 35.5. The van der Waals surface area contributed by atoms with Crippen LogP contribution < -0.4 is 15.5 Å². The first-order valence-electron chi connectivity index (χ1n) is 8.10. The maximum Gasteiger partial charge on any atom is 0.246 e. The van der Waals surface area contributed by atoms with Crippen LogP contribution in [0.25, 0.3) is 0 Å². The van der Waals surface area contributed by atoms with Gasteiger partial charge in [0, 0.05) is 18.7 Å². The van der Waals surface area contributed by atoms with Gasteiger partial charge in [0.25, 0.3) is 0 Å². The van der Waals surface area contributed by atoms with Crippen LogP contribution in [0.1, 0.15) is 24.8 Å². The minimum atomic E-state index is -0.0270. The summed E-state index contributed by atoms with van der Waals surface area (Å²) in [7, 11) is 0. The van der Waals surface area contributed by atoms with Crippen LogP contribution in [0.4, 0.5) is 5.69 Å². The van der Waals surface area contributed by atoms with Crippen molar-refractivity contribution in [1.82, 2.24) is 10.6 Å². The van der Waals surface area contributed by atoms with Gasteiger partial charge in [-0.2, -0.15) is 0 Å². The maximum atomic E-state index is 12.3. The van der Waals surface area contributed by atoms with Gasteiger partial charge in [-0.25, -0.2) is 0 Å². The molecular weight excluding hydrogens is 314 g/mol. The third-order valence-corrected chi connectivity index (χ3v) is 4.57. The van der Waals surface area contributed by atoms with Crippen molar-refractivity contribution < 1.29 is 9.59 Å².